The summed E-state index contributed by atoms with van der Waals surface area (Å²) >= 11 is 5.90. The lowest BCUT2D eigenvalue weighted by Crippen LogP contribution is -2.18. The molecular formula is C13H11ClFN5. The van der Waals surface area contributed by atoms with E-state index in [1.54, 1.807) is 12.3 Å². The Morgan fingerprint density at radius 1 is 1.35 bits per heavy atom. The number of halogens is 2. The summed E-state index contributed by atoms with van der Waals surface area (Å²) in [6.45, 7) is 0.505. The van der Waals surface area contributed by atoms with Crippen molar-refractivity contribution in [3.63, 3.8) is 0 Å². The van der Waals surface area contributed by atoms with E-state index in [2.05, 4.69) is 20.2 Å². The number of nitrogens with one attached hydrogen (secondary N) is 1. The third kappa shape index (κ3) is 2.42. The molecule has 3 rings (SSSR count). The fourth-order valence-electron chi connectivity index (χ4n) is 2.07. The maximum absolute atomic E-state index is 13.2. The molecule has 0 aliphatic rings. The average molecular weight is 292 g/mol. The Balaban J connectivity index is 1.96. The van der Waals surface area contributed by atoms with Gasteiger partial charge in [0.1, 0.15) is 11.6 Å². The average Bonchev–Trinajstić information content (AvgIpc) is 2.85. The first-order valence-electron chi connectivity index (χ1n) is 5.95. The molecule has 0 spiro atoms. The lowest BCUT2D eigenvalue weighted by atomic mass is 10.2. The molecule has 0 saturated carbocycles. The van der Waals surface area contributed by atoms with Gasteiger partial charge in [-0.1, -0.05) is 12.1 Å². The predicted molar refractivity (Wildman–Crippen MR) is 75.2 cm³/mol. The summed E-state index contributed by atoms with van der Waals surface area (Å²) in [5.74, 6) is 0.392. The molecule has 0 unspecified atom stereocenters. The normalized spacial score (nSPS) is 10.9. The van der Waals surface area contributed by atoms with Gasteiger partial charge in [-0.2, -0.15) is 15.1 Å². The van der Waals surface area contributed by atoms with Gasteiger partial charge in [0.15, 0.2) is 5.65 Å². The zero-order valence-electron chi connectivity index (χ0n) is 10.6. The number of benzene rings is 1. The van der Waals surface area contributed by atoms with Gasteiger partial charge in [-0.15, -0.1) is 0 Å². The van der Waals surface area contributed by atoms with Gasteiger partial charge >= 0.3 is 0 Å². The van der Waals surface area contributed by atoms with Crippen LogP contribution < -0.4 is 4.90 Å². The van der Waals surface area contributed by atoms with E-state index in [1.807, 2.05) is 18.0 Å². The SMILES string of the molecule is CN(Cc1cccc(F)c1)c1nc(Cl)nc2[nH]ncc12. The largest absolute Gasteiger partial charge is 0.355 e. The van der Waals surface area contributed by atoms with Crippen LogP contribution in [0.15, 0.2) is 30.5 Å². The first-order valence-corrected chi connectivity index (χ1v) is 6.33. The molecule has 0 fully saturated rings. The van der Waals surface area contributed by atoms with E-state index in [4.69, 9.17) is 11.6 Å². The van der Waals surface area contributed by atoms with Crippen LogP contribution in [-0.4, -0.2) is 27.2 Å². The Morgan fingerprint density at radius 2 is 2.20 bits per heavy atom. The summed E-state index contributed by atoms with van der Waals surface area (Å²) in [6, 6.07) is 6.44. The van der Waals surface area contributed by atoms with Crippen LogP contribution in [0.25, 0.3) is 11.0 Å². The van der Waals surface area contributed by atoms with Gasteiger partial charge in [0.25, 0.3) is 0 Å². The van der Waals surface area contributed by atoms with Crippen LogP contribution in [0.1, 0.15) is 5.56 Å². The highest BCUT2D eigenvalue weighted by Crippen LogP contribution is 2.24. The van der Waals surface area contributed by atoms with Crippen molar-refractivity contribution in [3.8, 4) is 0 Å². The minimum atomic E-state index is -0.259. The molecule has 2 aromatic heterocycles. The molecule has 0 radical (unpaired) electrons. The molecule has 1 aromatic carbocycles. The summed E-state index contributed by atoms with van der Waals surface area (Å²) in [5, 5.41) is 7.60. The van der Waals surface area contributed by atoms with Crippen molar-refractivity contribution in [2.24, 2.45) is 0 Å². The van der Waals surface area contributed by atoms with Crippen LogP contribution in [-0.2, 0) is 6.54 Å². The molecule has 20 heavy (non-hydrogen) atoms. The van der Waals surface area contributed by atoms with E-state index in [0.717, 1.165) is 10.9 Å². The second-order valence-corrected chi connectivity index (χ2v) is 4.77. The molecule has 0 aliphatic heterocycles. The van der Waals surface area contributed by atoms with Crippen molar-refractivity contribution < 1.29 is 4.39 Å². The van der Waals surface area contributed by atoms with Gasteiger partial charge in [0.2, 0.25) is 5.28 Å². The van der Waals surface area contributed by atoms with E-state index in [9.17, 15) is 4.39 Å². The van der Waals surface area contributed by atoms with Crippen molar-refractivity contribution in [2.75, 3.05) is 11.9 Å². The maximum atomic E-state index is 13.2. The highest BCUT2D eigenvalue weighted by atomic mass is 35.5. The van der Waals surface area contributed by atoms with Crippen molar-refractivity contribution in [1.29, 1.82) is 0 Å². The number of rotatable bonds is 3. The first kappa shape index (κ1) is 12.8. The standard InChI is InChI=1S/C13H11ClFN5/c1-20(7-8-3-2-4-9(15)5-8)12-10-6-16-19-11(10)17-13(14)18-12/h2-6H,7H2,1H3,(H,16,17,18,19). The highest BCUT2D eigenvalue weighted by molar-refractivity contribution is 6.28. The van der Waals surface area contributed by atoms with Crippen molar-refractivity contribution in [3.05, 3.63) is 47.1 Å². The Hall–Kier alpha value is -2.21. The molecule has 0 bridgehead atoms. The summed E-state index contributed by atoms with van der Waals surface area (Å²) in [5.41, 5.74) is 1.42. The van der Waals surface area contributed by atoms with Crippen LogP contribution in [0, 0.1) is 5.82 Å². The molecule has 0 saturated heterocycles. The van der Waals surface area contributed by atoms with E-state index >= 15 is 0 Å². The second-order valence-electron chi connectivity index (χ2n) is 4.43. The van der Waals surface area contributed by atoms with Gasteiger partial charge < -0.3 is 4.90 Å². The smallest absolute Gasteiger partial charge is 0.226 e. The number of aromatic nitrogens is 4. The van der Waals surface area contributed by atoms with Gasteiger partial charge in [-0.25, -0.2) is 4.39 Å². The van der Waals surface area contributed by atoms with Crippen molar-refractivity contribution >= 4 is 28.5 Å². The summed E-state index contributed by atoms with van der Waals surface area (Å²) in [7, 11) is 1.86. The van der Waals surface area contributed by atoms with Gasteiger partial charge in [0.05, 0.1) is 11.6 Å². The number of hydrogen-bond donors (Lipinski definition) is 1. The minimum Gasteiger partial charge on any atom is -0.355 e. The first-order chi connectivity index (χ1) is 9.63. The number of aromatic amines is 1. The molecule has 5 nitrogen and oxygen atoms in total. The maximum Gasteiger partial charge on any atom is 0.226 e. The Morgan fingerprint density at radius 3 is 3.00 bits per heavy atom. The second kappa shape index (κ2) is 5.05. The molecule has 102 valence electrons. The van der Waals surface area contributed by atoms with Crippen LogP contribution in [0.3, 0.4) is 0 Å². The molecule has 1 N–H and O–H groups in total. The number of fused-ring (bicyclic) bond motifs is 1. The van der Waals surface area contributed by atoms with Crippen molar-refractivity contribution in [2.45, 2.75) is 6.54 Å². The lowest BCUT2D eigenvalue weighted by molar-refractivity contribution is 0.625. The third-order valence-electron chi connectivity index (χ3n) is 2.93. The van der Waals surface area contributed by atoms with Gasteiger partial charge in [-0.05, 0) is 29.3 Å². The Labute approximate surface area is 119 Å². The molecule has 0 amide bonds. The number of H-pyrrole nitrogens is 1. The number of anilines is 1. The predicted octanol–water partition coefficient (Wildman–Crippen LogP) is 2.78. The molecule has 7 heteroatoms. The molecule has 0 aliphatic carbocycles. The van der Waals surface area contributed by atoms with Crippen LogP contribution in [0.2, 0.25) is 5.28 Å². The van der Waals surface area contributed by atoms with E-state index in [0.29, 0.717) is 18.0 Å². The highest BCUT2D eigenvalue weighted by Gasteiger charge is 2.13. The van der Waals surface area contributed by atoms with E-state index < -0.39 is 0 Å². The third-order valence-corrected chi connectivity index (χ3v) is 3.10. The van der Waals surface area contributed by atoms with Crippen LogP contribution >= 0.6 is 11.6 Å². The van der Waals surface area contributed by atoms with Crippen LogP contribution in [0.4, 0.5) is 10.2 Å². The summed E-state index contributed by atoms with van der Waals surface area (Å²) < 4.78 is 13.2. The zero-order chi connectivity index (χ0) is 14.1. The Bertz CT molecular complexity index is 757. The van der Waals surface area contributed by atoms with Crippen LogP contribution in [0.5, 0.6) is 0 Å². The summed E-state index contributed by atoms with van der Waals surface area (Å²) in [6.07, 6.45) is 1.64. The fourth-order valence-corrected chi connectivity index (χ4v) is 2.23. The topological polar surface area (TPSA) is 57.7 Å². The Kier molecular flexibility index (Phi) is 3.23. The van der Waals surface area contributed by atoms with Gasteiger partial charge in [-0.3, -0.25) is 5.10 Å². The molecule has 3 aromatic rings. The number of nitrogens with zero attached hydrogens (tertiary/aromatic N) is 4. The van der Waals surface area contributed by atoms with Crippen molar-refractivity contribution in [1.82, 2.24) is 20.2 Å². The molecular weight excluding hydrogens is 281 g/mol. The molecule has 0 atom stereocenters. The zero-order valence-corrected chi connectivity index (χ0v) is 11.4. The minimum absolute atomic E-state index is 0.142. The number of hydrogen-bond acceptors (Lipinski definition) is 4. The summed E-state index contributed by atoms with van der Waals surface area (Å²) in [4.78, 5) is 10.1. The quantitative estimate of drug-likeness (QED) is 0.754. The molecule has 2 heterocycles. The fraction of sp³-hybridized carbons (Fsp3) is 0.154. The van der Waals surface area contributed by atoms with Gasteiger partial charge in [0, 0.05) is 13.6 Å². The monoisotopic (exact) mass is 291 g/mol. The van der Waals surface area contributed by atoms with E-state index in [1.165, 1.54) is 12.1 Å². The lowest BCUT2D eigenvalue weighted by Gasteiger charge is -2.18. The van der Waals surface area contributed by atoms with E-state index in [-0.39, 0.29) is 11.1 Å².